The van der Waals surface area contributed by atoms with Gasteiger partial charge in [0.1, 0.15) is 17.3 Å². The molecule has 7 nitrogen and oxygen atoms in total. The molecule has 2 aliphatic heterocycles. The molecule has 7 heteroatoms. The van der Waals surface area contributed by atoms with Crippen LogP contribution in [0.3, 0.4) is 0 Å². The van der Waals surface area contributed by atoms with Gasteiger partial charge in [0.2, 0.25) is 0 Å². The molecule has 24 heavy (non-hydrogen) atoms. The van der Waals surface area contributed by atoms with Crippen LogP contribution in [0.5, 0.6) is 0 Å². The van der Waals surface area contributed by atoms with Crippen LogP contribution >= 0.6 is 0 Å². The molecule has 2 N–H and O–H groups in total. The highest BCUT2D eigenvalue weighted by Crippen LogP contribution is 2.25. The van der Waals surface area contributed by atoms with Crippen molar-refractivity contribution in [2.75, 3.05) is 19.7 Å². The van der Waals surface area contributed by atoms with Crippen LogP contribution in [0.4, 0.5) is 0 Å². The molecule has 1 fully saturated rings. The van der Waals surface area contributed by atoms with Gasteiger partial charge in [0.05, 0.1) is 6.61 Å². The highest BCUT2D eigenvalue weighted by molar-refractivity contribution is 6.17. The molecule has 1 saturated heterocycles. The summed E-state index contributed by atoms with van der Waals surface area (Å²) in [5, 5.41) is 6.30. The van der Waals surface area contributed by atoms with Gasteiger partial charge >= 0.3 is 0 Å². The van der Waals surface area contributed by atoms with E-state index < -0.39 is 11.6 Å². The zero-order valence-corrected chi connectivity index (χ0v) is 14.1. The van der Waals surface area contributed by atoms with Gasteiger partial charge in [-0.1, -0.05) is 13.8 Å². The maximum Gasteiger partial charge on any atom is 0.273 e. The number of nitrogens with one attached hydrogen (secondary N) is 2. The molecule has 3 heterocycles. The Morgan fingerprint density at radius 2 is 2.25 bits per heavy atom. The summed E-state index contributed by atoms with van der Waals surface area (Å²) in [5.41, 5.74) is 0.0310. The lowest BCUT2D eigenvalue weighted by Crippen LogP contribution is -2.50. The van der Waals surface area contributed by atoms with Crippen molar-refractivity contribution >= 4 is 17.5 Å². The predicted octanol–water partition coefficient (Wildman–Crippen LogP) is 0.544. The number of hydrogen-bond acceptors (Lipinski definition) is 6. The third kappa shape index (κ3) is 2.85. The van der Waals surface area contributed by atoms with Gasteiger partial charge in [0.15, 0.2) is 11.6 Å². The van der Waals surface area contributed by atoms with Gasteiger partial charge in [0.25, 0.3) is 5.91 Å². The number of morpholine rings is 1. The van der Waals surface area contributed by atoms with Crippen LogP contribution in [-0.4, -0.2) is 53.8 Å². The summed E-state index contributed by atoms with van der Waals surface area (Å²) in [6, 6.07) is 3.40. The first-order valence-electron chi connectivity index (χ1n) is 8.16. The average Bonchev–Trinajstić information content (AvgIpc) is 2.91. The molecule has 1 amide bonds. The molecule has 128 valence electrons. The topological polar surface area (TPSA) is 92.7 Å². The zero-order chi connectivity index (χ0) is 17.3. The Balaban J connectivity index is 1.92. The number of nitrogens with zero attached hydrogens (tertiary/aromatic N) is 2. The second-order valence-corrected chi connectivity index (χ2v) is 6.57. The molecule has 1 aromatic heterocycles. The van der Waals surface area contributed by atoms with Crippen LogP contribution < -0.4 is 10.6 Å². The van der Waals surface area contributed by atoms with Gasteiger partial charge in [-0.3, -0.25) is 14.6 Å². The summed E-state index contributed by atoms with van der Waals surface area (Å²) in [6.45, 7) is 7.42. The fourth-order valence-electron chi connectivity index (χ4n) is 2.75. The molecule has 2 atom stereocenters. The maximum absolute atomic E-state index is 12.8. The number of Topliss-reactive ketones (excluding diaryl/α,β-unsaturated/α-hetero) is 1. The van der Waals surface area contributed by atoms with E-state index >= 15 is 0 Å². The van der Waals surface area contributed by atoms with E-state index in [-0.39, 0.29) is 17.6 Å². The van der Waals surface area contributed by atoms with Crippen molar-refractivity contribution in [3.05, 3.63) is 29.6 Å². The number of aromatic nitrogens is 1. The monoisotopic (exact) mass is 330 g/mol. The Kier molecular flexibility index (Phi) is 4.47. The largest absolute Gasteiger partial charge is 0.367 e. The smallest absolute Gasteiger partial charge is 0.273 e. The minimum atomic E-state index is -0.782. The van der Waals surface area contributed by atoms with Crippen molar-refractivity contribution in [2.24, 2.45) is 10.9 Å². The molecular weight excluding hydrogens is 308 g/mol. The number of pyridine rings is 1. The van der Waals surface area contributed by atoms with Crippen molar-refractivity contribution in [1.82, 2.24) is 15.6 Å². The normalized spacial score (nSPS) is 27.1. The summed E-state index contributed by atoms with van der Waals surface area (Å²) < 4.78 is 5.55. The van der Waals surface area contributed by atoms with E-state index in [9.17, 15) is 9.59 Å². The van der Waals surface area contributed by atoms with Gasteiger partial charge in [-0.05, 0) is 25.0 Å². The van der Waals surface area contributed by atoms with Crippen molar-refractivity contribution in [2.45, 2.75) is 32.4 Å². The predicted molar refractivity (Wildman–Crippen MR) is 89.1 cm³/mol. The van der Waals surface area contributed by atoms with Gasteiger partial charge in [-0.2, -0.15) is 4.99 Å². The summed E-state index contributed by atoms with van der Waals surface area (Å²) >= 11 is 0. The Hall–Kier alpha value is -2.12. The Morgan fingerprint density at radius 3 is 2.88 bits per heavy atom. The number of ketones is 1. The molecule has 0 saturated carbocycles. The SMILES string of the molecule is CC(C)C1(C)NC(c2ncccc2C(=O)C2CNCCO2)=NC1=O. The number of ether oxygens (including phenoxy) is 1. The standard InChI is InChI=1S/C17H22N4O3/c1-10(2)17(3)16(23)20-15(21-17)13-11(5-4-6-19-13)14(22)12-9-18-7-8-24-12/h4-6,10,12,18H,7-9H2,1-3H3,(H,20,21,23). The van der Waals surface area contributed by atoms with Crippen LogP contribution in [0, 0.1) is 5.92 Å². The first kappa shape index (κ1) is 16.7. The first-order chi connectivity index (χ1) is 11.4. The van der Waals surface area contributed by atoms with E-state index in [4.69, 9.17) is 4.74 Å². The average molecular weight is 330 g/mol. The van der Waals surface area contributed by atoms with Gasteiger partial charge in [-0.15, -0.1) is 0 Å². The lowest BCUT2D eigenvalue weighted by Gasteiger charge is -2.27. The van der Waals surface area contributed by atoms with Crippen LogP contribution in [0.1, 0.15) is 36.8 Å². The van der Waals surface area contributed by atoms with E-state index in [1.54, 1.807) is 18.3 Å². The lowest BCUT2D eigenvalue weighted by molar-refractivity contribution is -0.123. The Labute approximate surface area is 140 Å². The zero-order valence-electron chi connectivity index (χ0n) is 14.1. The number of carbonyl (C=O) groups is 2. The molecule has 0 radical (unpaired) electrons. The van der Waals surface area contributed by atoms with Crippen molar-refractivity contribution in [3.8, 4) is 0 Å². The first-order valence-corrected chi connectivity index (χ1v) is 8.16. The molecule has 0 bridgehead atoms. The van der Waals surface area contributed by atoms with E-state index in [0.717, 1.165) is 6.54 Å². The number of carbonyl (C=O) groups excluding carboxylic acids is 2. The van der Waals surface area contributed by atoms with Gasteiger partial charge in [0, 0.05) is 24.8 Å². The van der Waals surface area contributed by atoms with Crippen molar-refractivity contribution < 1.29 is 14.3 Å². The quantitative estimate of drug-likeness (QED) is 0.783. The van der Waals surface area contributed by atoms with Crippen LogP contribution in [0.25, 0.3) is 0 Å². The highest BCUT2D eigenvalue weighted by Gasteiger charge is 2.43. The Bertz CT molecular complexity index is 695. The van der Waals surface area contributed by atoms with E-state index in [0.29, 0.717) is 30.2 Å². The maximum atomic E-state index is 12.8. The summed E-state index contributed by atoms with van der Waals surface area (Å²) in [6.07, 6.45) is 1.04. The lowest BCUT2D eigenvalue weighted by atomic mass is 9.88. The van der Waals surface area contributed by atoms with E-state index in [1.165, 1.54) is 0 Å². The summed E-state index contributed by atoms with van der Waals surface area (Å²) in [7, 11) is 0. The third-order valence-corrected chi connectivity index (χ3v) is 4.71. The molecular formula is C17H22N4O3. The summed E-state index contributed by atoms with van der Waals surface area (Å²) in [5.74, 6) is 0.0106. The van der Waals surface area contributed by atoms with E-state index in [1.807, 2.05) is 20.8 Å². The van der Waals surface area contributed by atoms with Gasteiger partial charge < -0.3 is 15.4 Å². The summed E-state index contributed by atoms with van der Waals surface area (Å²) in [4.78, 5) is 33.5. The van der Waals surface area contributed by atoms with Crippen LogP contribution in [0.2, 0.25) is 0 Å². The minimum Gasteiger partial charge on any atom is -0.367 e. The van der Waals surface area contributed by atoms with Crippen LogP contribution in [-0.2, 0) is 9.53 Å². The second-order valence-electron chi connectivity index (χ2n) is 6.57. The number of rotatable bonds is 4. The molecule has 0 spiro atoms. The molecule has 1 aromatic rings. The number of amides is 1. The van der Waals surface area contributed by atoms with Crippen LogP contribution in [0.15, 0.2) is 23.3 Å². The van der Waals surface area contributed by atoms with E-state index in [2.05, 4.69) is 20.6 Å². The fraction of sp³-hybridized carbons (Fsp3) is 0.529. The molecule has 0 aromatic carbocycles. The molecule has 2 unspecified atom stereocenters. The third-order valence-electron chi connectivity index (χ3n) is 4.71. The number of amidine groups is 1. The molecule has 2 aliphatic rings. The van der Waals surface area contributed by atoms with Gasteiger partial charge in [-0.25, -0.2) is 0 Å². The van der Waals surface area contributed by atoms with Crippen molar-refractivity contribution in [1.29, 1.82) is 0 Å². The molecule has 0 aliphatic carbocycles. The highest BCUT2D eigenvalue weighted by atomic mass is 16.5. The number of hydrogen-bond donors (Lipinski definition) is 2. The fourth-order valence-corrected chi connectivity index (χ4v) is 2.75. The molecule has 3 rings (SSSR count). The Morgan fingerprint density at radius 1 is 1.46 bits per heavy atom. The van der Waals surface area contributed by atoms with Crippen molar-refractivity contribution in [3.63, 3.8) is 0 Å². The number of aliphatic imine (C=N–C) groups is 1. The second kappa shape index (κ2) is 6.41. The minimum absolute atomic E-state index is 0.0555.